The van der Waals surface area contributed by atoms with Gasteiger partial charge in [0.05, 0.1) is 19.3 Å². The molecule has 16 heavy (non-hydrogen) atoms. The quantitative estimate of drug-likeness (QED) is 0.807. The van der Waals surface area contributed by atoms with E-state index in [1.54, 1.807) is 6.92 Å². The number of ether oxygens (including phenoxy) is 2. The lowest BCUT2D eigenvalue weighted by atomic mass is 10.1. The lowest BCUT2D eigenvalue weighted by Gasteiger charge is -2.13. The third-order valence-corrected chi connectivity index (χ3v) is 2.21. The summed E-state index contributed by atoms with van der Waals surface area (Å²) in [5.41, 5.74) is 0.840. The zero-order chi connectivity index (χ0) is 12.0. The fourth-order valence-corrected chi connectivity index (χ4v) is 1.38. The number of hydrogen-bond acceptors (Lipinski definition) is 3. The molecule has 1 unspecified atom stereocenters. The first-order valence-corrected chi connectivity index (χ1v) is 5.76. The molecule has 0 aromatic heterocycles. The number of aliphatic hydroxyl groups excluding tert-OH is 1. The Labute approximate surface area is 97.0 Å². The number of rotatable bonds is 6. The molecule has 3 nitrogen and oxygen atoms in total. The van der Waals surface area contributed by atoms with Gasteiger partial charge in [-0.3, -0.25) is 0 Å². The number of hydrogen-bond donors (Lipinski definition) is 1. The summed E-state index contributed by atoms with van der Waals surface area (Å²) in [6.07, 6.45) is 0.475. The molecule has 1 atom stereocenters. The lowest BCUT2D eigenvalue weighted by Crippen LogP contribution is -2.01. The Bertz CT molecular complexity index is 321. The van der Waals surface area contributed by atoms with Gasteiger partial charge in [-0.05, 0) is 38.0 Å². The summed E-state index contributed by atoms with van der Waals surface area (Å²) in [6.45, 7) is 6.99. The minimum atomic E-state index is -0.487. The molecule has 1 aromatic carbocycles. The van der Waals surface area contributed by atoms with Crippen molar-refractivity contribution >= 4 is 0 Å². The molecule has 0 aliphatic rings. The van der Waals surface area contributed by atoms with Crippen LogP contribution in [-0.4, -0.2) is 18.3 Å². The molecule has 1 N–H and O–H groups in total. The van der Waals surface area contributed by atoms with Crippen molar-refractivity contribution < 1.29 is 14.6 Å². The van der Waals surface area contributed by atoms with Crippen molar-refractivity contribution in [2.24, 2.45) is 0 Å². The average Bonchev–Trinajstić information content (AvgIpc) is 2.27. The molecule has 0 fully saturated rings. The van der Waals surface area contributed by atoms with Crippen molar-refractivity contribution in [2.75, 3.05) is 13.2 Å². The van der Waals surface area contributed by atoms with Crippen LogP contribution in [0.25, 0.3) is 0 Å². The second-order valence-corrected chi connectivity index (χ2v) is 3.66. The Kier molecular flexibility index (Phi) is 5.12. The van der Waals surface area contributed by atoms with Gasteiger partial charge in [0.2, 0.25) is 0 Å². The number of aliphatic hydroxyl groups is 1. The van der Waals surface area contributed by atoms with Crippen LogP contribution in [0.1, 0.15) is 38.9 Å². The van der Waals surface area contributed by atoms with E-state index < -0.39 is 6.10 Å². The highest BCUT2D eigenvalue weighted by molar-refractivity contribution is 5.43. The van der Waals surface area contributed by atoms with Gasteiger partial charge in [0.25, 0.3) is 0 Å². The van der Waals surface area contributed by atoms with E-state index in [0.29, 0.717) is 19.0 Å². The van der Waals surface area contributed by atoms with Gasteiger partial charge in [-0.1, -0.05) is 13.0 Å². The van der Waals surface area contributed by atoms with E-state index in [2.05, 4.69) is 6.92 Å². The zero-order valence-electron chi connectivity index (χ0n) is 10.2. The van der Waals surface area contributed by atoms with Gasteiger partial charge in [-0.2, -0.15) is 0 Å². The largest absolute Gasteiger partial charge is 0.490 e. The molecule has 0 saturated carbocycles. The van der Waals surface area contributed by atoms with E-state index in [9.17, 15) is 5.11 Å². The first kappa shape index (κ1) is 12.8. The third kappa shape index (κ3) is 3.42. The van der Waals surface area contributed by atoms with Crippen LogP contribution in [0.3, 0.4) is 0 Å². The molecule has 0 saturated heterocycles. The summed E-state index contributed by atoms with van der Waals surface area (Å²) < 4.78 is 11.1. The van der Waals surface area contributed by atoms with Crippen molar-refractivity contribution in [3.8, 4) is 11.5 Å². The van der Waals surface area contributed by atoms with Crippen LogP contribution in [0.2, 0.25) is 0 Å². The predicted octanol–water partition coefficient (Wildman–Crippen LogP) is 2.93. The summed E-state index contributed by atoms with van der Waals surface area (Å²) in [6, 6.07) is 5.54. The Morgan fingerprint density at radius 3 is 2.50 bits per heavy atom. The first-order valence-electron chi connectivity index (χ1n) is 5.76. The SMILES string of the molecule is CCCOc1ccc(C(C)O)cc1OCC. The Balaban J connectivity index is 2.89. The molecular formula is C13H20O3. The summed E-state index contributed by atoms with van der Waals surface area (Å²) >= 11 is 0. The standard InChI is InChI=1S/C13H20O3/c1-4-8-16-12-7-6-11(10(3)14)9-13(12)15-5-2/h6-7,9-10,14H,4-5,8H2,1-3H3. The molecular weight excluding hydrogens is 204 g/mol. The van der Waals surface area contributed by atoms with Gasteiger partial charge in [0.1, 0.15) is 0 Å². The summed E-state index contributed by atoms with van der Waals surface area (Å²) in [4.78, 5) is 0. The van der Waals surface area contributed by atoms with Crippen molar-refractivity contribution in [3.63, 3.8) is 0 Å². The van der Waals surface area contributed by atoms with Gasteiger partial charge in [-0.25, -0.2) is 0 Å². The van der Waals surface area contributed by atoms with Gasteiger partial charge < -0.3 is 14.6 Å². The molecule has 0 spiro atoms. The zero-order valence-corrected chi connectivity index (χ0v) is 10.2. The molecule has 3 heteroatoms. The minimum absolute atomic E-state index is 0.487. The topological polar surface area (TPSA) is 38.7 Å². The molecule has 1 rings (SSSR count). The smallest absolute Gasteiger partial charge is 0.161 e. The van der Waals surface area contributed by atoms with Gasteiger partial charge >= 0.3 is 0 Å². The third-order valence-electron chi connectivity index (χ3n) is 2.21. The highest BCUT2D eigenvalue weighted by Crippen LogP contribution is 2.30. The maximum Gasteiger partial charge on any atom is 0.161 e. The minimum Gasteiger partial charge on any atom is -0.490 e. The van der Waals surface area contributed by atoms with E-state index in [-0.39, 0.29) is 0 Å². The first-order chi connectivity index (χ1) is 7.69. The fourth-order valence-electron chi connectivity index (χ4n) is 1.38. The van der Waals surface area contributed by atoms with E-state index >= 15 is 0 Å². The molecule has 0 aliphatic carbocycles. The van der Waals surface area contributed by atoms with Crippen LogP contribution in [0, 0.1) is 0 Å². The summed E-state index contributed by atoms with van der Waals surface area (Å²) in [7, 11) is 0. The van der Waals surface area contributed by atoms with E-state index in [4.69, 9.17) is 9.47 Å². The molecule has 90 valence electrons. The molecule has 0 aliphatic heterocycles. The van der Waals surface area contributed by atoms with E-state index in [1.165, 1.54) is 0 Å². The van der Waals surface area contributed by atoms with Gasteiger partial charge in [0, 0.05) is 0 Å². The lowest BCUT2D eigenvalue weighted by molar-refractivity contribution is 0.198. The Morgan fingerprint density at radius 1 is 1.19 bits per heavy atom. The van der Waals surface area contributed by atoms with Crippen molar-refractivity contribution in [3.05, 3.63) is 23.8 Å². The fraction of sp³-hybridized carbons (Fsp3) is 0.538. The monoisotopic (exact) mass is 224 g/mol. The highest BCUT2D eigenvalue weighted by Gasteiger charge is 2.08. The average molecular weight is 224 g/mol. The second kappa shape index (κ2) is 6.38. The van der Waals surface area contributed by atoms with Gasteiger partial charge in [-0.15, -0.1) is 0 Å². The summed E-state index contributed by atoms with van der Waals surface area (Å²) in [5, 5.41) is 9.49. The molecule has 0 heterocycles. The molecule has 0 amide bonds. The molecule has 1 aromatic rings. The normalized spacial score (nSPS) is 12.2. The van der Waals surface area contributed by atoms with Crippen molar-refractivity contribution in [2.45, 2.75) is 33.3 Å². The van der Waals surface area contributed by atoms with Crippen LogP contribution >= 0.6 is 0 Å². The maximum atomic E-state index is 9.49. The van der Waals surface area contributed by atoms with Crippen molar-refractivity contribution in [1.29, 1.82) is 0 Å². The highest BCUT2D eigenvalue weighted by atomic mass is 16.5. The van der Waals surface area contributed by atoms with Gasteiger partial charge in [0.15, 0.2) is 11.5 Å². The Morgan fingerprint density at radius 2 is 1.94 bits per heavy atom. The van der Waals surface area contributed by atoms with Crippen LogP contribution < -0.4 is 9.47 Å². The second-order valence-electron chi connectivity index (χ2n) is 3.66. The van der Waals surface area contributed by atoms with Crippen LogP contribution in [0.15, 0.2) is 18.2 Å². The van der Waals surface area contributed by atoms with Crippen LogP contribution in [0.4, 0.5) is 0 Å². The van der Waals surface area contributed by atoms with Crippen molar-refractivity contribution in [1.82, 2.24) is 0 Å². The predicted molar refractivity (Wildman–Crippen MR) is 64.0 cm³/mol. The van der Waals surface area contributed by atoms with Crippen LogP contribution in [0.5, 0.6) is 11.5 Å². The Hall–Kier alpha value is -1.22. The van der Waals surface area contributed by atoms with E-state index in [0.717, 1.165) is 17.7 Å². The van der Waals surface area contributed by atoms with E-state index in [1.807, 2.05) is 25.1 Å². The number of benzene rings is 1. The molecule has 0 radical (unpaired) electrons. The maximum absolute atomic E-state index is 9.49. The summed E-state index contributed by atoms with van der Waals surface area (Å²) in [5.74, 6) is 1.45. The van der Waals surface area contributed by atoms with Crippen LogP contribution in [-0.2, 0) is 0 Å². The molecule has 0 bridgehead atoms.